The van der Waals surface area contributed by atoms with Gasteiger partial charge >= 0.3 is 0 Å². The third kappa shape index (κ3) is 3.48. The number of fused-ring (bicyclic) bond motifs is 1. The molecule has 3 heterocycles. The largest absolute Gasteiger partial charge is 0.317 e. The number of hydrogen-bond acceptors (Lipinski definition) is 3. The van der Waals surface area contributed by atoms with Gasteiger partial charge in [-0.25, -0.2) is 0 Å². The lowest BCUT2D eigenvalue weighted by molar-refractivity contribution is 0.194. The fraction of sp³-hybridized carbons (Fsp3) is 0.500. The summed E-state index contributed by atoms with van der Waals surface area (Å²) in [5.41, 5.74) is 2.90. The van der Waals surface area contributed by atoms with Crippen LogP contribution in [0.2, 0.25) is 5.02 Å². The lowest BCUT2D eigenvalue weighted by Gasteiger charge is -2.34. The Balaban J connectivity index is 0.00000156. The molecule has 0 aliphatic carbocycles. The van der Waals surface area contributed by atoms with Gasteiger partial charge in [0, 0.05) is 29.7 Å². The standard InChI is InChI=1S/C18H22ClN3.ClH/c19-16-10-14-2-1-6-21-17(14)15(11-16)12-22-9-5-18(13-22)3-7-20-8-4-18;/h1-2,6,10-11,20H,3-5,7-9,12-13H2;1H. The Morgan fingerprint density at radius 2 is 2.04 bits per heavy atom. The summed E-state index contributed by atoms with van der Waals surface area (Å²) in [4.78, 5) is 7.16. The van der Waals surface area contributed by atoms with E-state index >= 15 is 0 Å². The topological polar surface area (TPSA) is 28.2 Å². The van der Waals surface area contributed by atoms with E-state index in [-0.39, 0.29) is 12.4 Å². The second-order valence-electron chi connectivity index (χ2n) is 6.85. The zero-order valence-electron chi connectivity index (χ0n) is 13.2. The summed E-state index contributed by atoms with van der Waals surface area (Å²) in [7, 11) is 0. The molecule has 4 rings (SSSR count). The smallest absolute Gasteiger partial charge is 0.0747 e. The first-order valence-electron chi connectivity index (χ1n) is 8.20. The van der Waals surface area contributed by atoms with Crippen molar-refractivity contribution in [2.75, 3.05) is 26.2 Å². The van der Waals surface area contributed by atoms with Gasteiger partial charge < -0.3 is 5.32 Å². The van der Waals surface area contributed by atoms with Gasteiger partial charge in [-0.2, -0.15) is 0 Å². The molecule has 2 saturated heterocycles. The van der Waals surface area contributed by atoms with Gasteiger partial charge in [-0.1, -0.05) is 17.7 Å². The Labute approximate surface area is 148 Å². The van der Waals surface area contributed by atoms with Crippen LogP contribution in [0.15, 0.2) is 30.5 Å². The van der Waals surface area contributed by atoms with Crippen LogP contribution < -0.4 is 5.32 Å². The molecular weight excluding hydrogens is 329 g/mol. The molecule has 124 valence electrons. The predicted octanol–water partition coefficient (Wildman–Crippen LogP) is 3.89. The maximum atomic E-state index is 6.30. The molecule has 5 heteroatoms. The molecule has 2 aliphatic heterocycles. The lowest BCUT2D eigenvalue weighted by Crippen LogP contribution is -2.38. The van der Waals surface area contributed by atoms with E-state index in [4.69, 9.17) is 11.6 Å². The van der Waals surface area contributed by atoms with Gasteiger partial charge in [-0.15, -0.1) is 12.4 Å². The summed E-state index contributed by atoms with van der Waals surface area (Å²) in [6, 6.07) is 8.16. The molecule has 3 nitrogen and oxygen atoms in total. The van der Waals surface area contributed by atoms with Crippen LogP contribution in [0.1, 0.15) is 24.8 Å². The minimum absolute atomic E-state index is 0. The number of likely N-dealkylation sites (tertiary alicyclic amines) is 1. The van der Waals surface area contributed by atoms with Crippen LogP contribution in [-0.2, 0) is 6.54 Å². The minimum atomic E-state index is 0. The maximum absolute atomic E-state index is 6.30. The van der Waals surface area contributed by atoms with Crippen LogP contribution in [0, 0.1) is 5.41 Å². The van der Waals surface area contributed by atoms with Crippen molar-refractivity contribution in [3.05, 3.63) is 41.0 Å². The van der Waals surface area contributed by atoms with Crippen molar-refractivity contribution in [2.24, 2.45) is 5.41 Å². The highest BCUT2D eigenvalue weighted by Gasteiger charge is 2.38. The molecule has 1 N–H and O–H groups in total. The summed E-state index contributed by atoms with van der Waals surface area (Å²) in [5.74, 6) is 0. The van der Waals surface area contributed by atoms with Crippen LogP contribution in [0.5, 0.6) is 0 Å². The van der Waals surface area contributed by atoms with Crippen molar-refractivity contribution in [3.63, 3.8) is 0 Å². The average molecular weight is 352 g/mol. The normalized spacial score (nSPS) is 20.7. The van der Waals surface area contributed by atoms with Gasteiger partial charge in [0.1, 0.15) is 0 Å². The predicted molar refractivity (Wildman–Crippen MR) is 98.4 cm³/mol. The lowest BCUT2D eigenvalue weighted by atomic mass is 9.78. The highest BCUT2D eigenvalue weighted by molar-refractivity contribution is 6.31. The van der Waals surface area contributed by atoms with Crippen LogP contribution in [0.25, 0.3) is 10.9 Å². The van der Waals surface area contributed by atoms with Crippen LogP contribution in [0.3, 0.4) is 0 Å². The van der Waals surface area contributed by atoms with Gasteiger partial charge in [0.25, 0.3) is 0 Å². The first-order chi connectivity index (χ1) is 10.7. The number of aromatic nitrogens is 1. The van der Waals surface area contributed by atoms with Gasteiger partial charge in [-0.05, 0) is 68.1 Å². The Kier molecular flexibility index (Phi) is 5.12. The molecule has 1 spiro atoms. The number of benzene rings is 1. The van der Waals surface area contributed by atoms with Gasteiger partial charge in [-0.3, -0.25) is 9.88 Å². The molecule has 0 radical (unpaired) electrons. The van der Waals surface area contributed by atoms with Crippen molar-refractivity contribution in [1.82, 2.24) is 15.2 Å². The molecule has 0 saturated carbocycles. The molecular formula is C18H23Cl2N3. The monoisotopic (exact) mass is 351 g/mol. The van der Waals surface area contributed by atoms with Crippen molar-refractivity contribution in [1.29, 1.82) is 0 Å². The maximum Gasteiger partial charge on any atom is 0.0747 e. The number of rotatable bonds is 2. The van der Waals surface area contributed by atoms with Crippen molar-refractivity contribution in [2.45, 2.75) is 25.8 Å². The molecule has 23 heavy (non-hydrogen) atoms. The minimum Gasteiger partial charge on any atom is -0.317 e. The third-order valence-electron chi connectivity index (χ3n) is 5.32. The van der Waals surface area contributed by atoms with E-state index in [1.807, 2.05) is 18.3 Å². The summed E-state index contributed by atoms with van der Waals surface area (Å²) >= 11 is 6.30. The second-order valence-corrected chi connectivity index (χ2v) is 7.29. The van der Waals surface area contributed by atoms with Gasteiger partial charge in [0.05, 0.1) is 5.52 Å². The van der Waals surface area contributed by atoms with Gasteiger partial charge in [0.15, 0.2) is 0 Å². The number of pyridine rings is 1. The van der Waals surface area contributed by atoms with E-state index in [1.165, 1.54) is 51.0 Å². The Bertz CT molecular complexity index is 683. The van der Waals surface area contributed by atoms with Gasteiger partial charge in [0.2, 0.25) is 0 Å². The quantitative estimate of drug-likeness (QED) is 0.889. The highest BCUT2D eigenvalue weighted by Crippen LogP contribution is 2.39. The second kappa shape index (κ2) is 6.94. The zero-order chi connectivity index (χ0) is 15.0. The number of hydrogen-bond donors (Lipinski definition) is 1. The van der Waals surface area contributed by atoms with Crippen LogP contribution in [-0.4, -0.2) is 36.1 Å². The Hall–Kier alpha value is -0.870. The van der Waals surface area contributed by atoms with Crippen molar-refractivity contribution < 1.29 is 0 Å². The van der Waals surface area contributed by atoms with E-state index in [1.54, 1.807) is 0 Å². The summed E-state index contributed by atoms with van der Waals surface area (Å²) in [5, 5.41) is 5.44. The fourth-order valence-electron chi connectivity index (χ4n) is 4.12. The molecule has 2 aliphatic rings. The first kappa shape index (κ1) is 17.0. The summed E-state index contributed by atoms with van der Waals surface area (Å²) in [6.45, 7) is 5.73. The summed E-state index contributed by atoms with van der Waals surface area (Å²) in [6.07, 6.45) is 5.84. The van der Waals surface area contributed by atoms with Crippen molar-refractivity contribution >= 4 is 34.9 Å². The van der Waals surface area contributed by atoms with Crippen LogP contribution in [0.4, 0.5) is 0 Å². The van der Waals surface area contributed by atoms with Crippen LogP contribution >= 0.6 is 24.0 Å². The average Bonchev–Trinajstić information content (AvgIpc) is 2.90. The van der Waals surface area contributed by atoms with E-state index in [9.17, 15) is 0 Å². The van der Waals surface area contributed by atoms with E-state index < -0.39 is 0 Å². The van der Waals surface area contributed by atoms with E-state index in [0.717, 1.165) is 22.5 Å². The number of halogens is 2. The van der Waals surface area contributed by atoms with E-state index in [0.29, 0.717) is 5.41 Å². The highest BCUT2D eigenvalue weighted by atomic mass is 35.5. The summed E-state index contributed by atoms with van der Waals surface area (Å²) < 4.78 is 0. The third-order valence-corrected chi connectivity index (χ3v) is 5.54. The molecule has 1 aromatic heterocycles. The van der Waals surface area contributed by atoms with Crippen molar-refractivity contribution in [3.8, 4) is 0 Å². The SMILES string of the molecule is Cl.Clc1cc(CN2CCC3(CCNCC3)C2)c2ncccc2c1. The zero-order valence-corrected chi connectivity index (χ0v) is 14.8. The molecule has 0 atom stereocenters. The molecule has 1 aromatic carbocycles. The van der Waals surface area contributed by atoms with E-state index in [2.05, 4.69) is 27.3 Å². The molecule has 0 bridgehead atoms. The molecule has 0 amide bonds. The number of nitrogens with zero attached hydrogens (tertiary/aromatic N) is 2. The Morgan fingerprint density at radius 1 is 1.22 bits per heavy atom. The Morgan fingerprint density at radius 3 is 2.87 bits per heavy atom. The molecule has 2 fully saturated rings. The number of nitrogens with one attached hydrogen (secondary N) is 1. The number of piperidine rings is 1. The molecule has 0 unspecified atom stereocenters. The first-order valence-corrected chi connectivity index (χ1v) is 8.58. The molecule has 2 aromatic rings. The fourth-order valence-corrected chi connectivity index (χ4v) is 4.37.